The molecular formula is C10H18N2. The van der Waals surface area contributed by atoms with Crippen LogP contribution >= 0.6 is 0 Å². The molecule has 0 amide bonds. The van der Waals surface area contributed by atoms with Crippen LogP contribution in [0.25, 0.3) is 0 Å². The second-order valence-electron chi connectivity index (χ2n) is 4.20. The Morgan fingerprint density at radius 1 is 1.25 bits per heavy atom. The van der Waals surface area contributed by atoms with Gasteiger partial charge in [0.25, 0.3) is 0 Å². The van der Waals surface area contributed by atoms with Crippen LogP contribution in [0.1, 0.15) is 39.0 Å². The molecule has 0 radical (unpaired) electrons. The second-order valence-corrected chi connectivity index (χ2v) is 4.20. The predicted molar refractivity (Wildman–Crippen MR) is 50.5 cm³/mol. The summed E-state index contributed by atoms with van der Waals surface area (Å²) in [6, 6.07) is 0.631. The van der Waals surface area contributed by atoms with Gasteiger partial charge in [0.15, 0.2) is 0 Å². The molecule has 1 aliphatic heterocycles. The number of piperidine rings is 1. The molecule has 1 heterocycles. The number of hydrogen-bond donors (Lipinski definition) is 1. The highest BCUT2D eigenvalue weighted by Crippen LogP contribution is 2.33. The van der Waals surface area contributed by atoms with Gasteiger partial charge in [0.1, 0.15) is 0 Å². The molecule has 1 aliphatic carbocycles. The molecule has 1 saturated heterocycles. The largest absolute Gasteiger partial charge is 0.358 e. The number of likely N-dealkylation sites (tertiary alicyclic amines) is 1. The second kappa shape index (κ2) is 3.08. The molecule has 68 valence electrons. The van der Waals surface area contributed by atoms with E-state index in [0.29, 0.717) is 12.0 Å². The van der Waals surface area contributed by atoms with E-state index in [2.05, 4.69) is 11.8 Å². The Labute approximate surface area is 74.5 Å². The Kier molecular flexibility index (Phi) is 2.07. The Morgan fingerprint density at radius 3 is 2.58 bits per heavy atom. The Bertz CT molecular complexity index is 184. The monoisotopic (exact) mass is 166 g/mol. The van der Waals surface area contributed by atoms with Crippen molar-refractivity contribution in [3.8, 4) is 0 Å². The topological polar surface area (TPSA) is 27.1 Å². The minimum absolute atomic E-state index is 0.630. The van der Waals surface area contributed by atoms with Crippen molar-refractivity contribution in [3.05, 3.63) is 0 Å². The van der Waals surface area contributed by atoms with E-state index in [-0.39, 0.29) is 0 Å². The van der Waals surface area contributed by atoms with Crippen molar-refractivity contribution in [2.24, 2.45) is 5.92 Å². The Morgan fingerprint density at radius 2 is 2.00 bits per heavy atom. The molecule has 2 rings (SSSR count). The van der Waals surface area contributed by atoms with Gasteiger partial charge in [0.2, 0.25) is 0 Å². The zero-order chi connectivity index (χ0) is 8.55. The van der Waals surface area contributed by atoms with Crippen LogP contribution in [0.2, 0.25) is 0 Å². The fourth-order valence-corrected chi connectivity index (χ4v) is 2.05. The van der Waals surface area contributed by atoms with E-state index in [1.807, 2.05) is 0 Å². The van der Waals surface area contributed by atoms with Gasteiger partial charge in [-0.1, -0.05) is 0 Å². The van der Waals surface area contributed by atoms with Crippen LogP contribution in [0.3, 0.4) is 0 Å². The highest BCUT2D eigenvalue weighted by Gasteiger charge is 2.32. The Balaban J connectivity index is 1.95. The van der Waals surface area contributed by atoms with E-state index in [1.165, 1.54) is 32.1 Å². The summed E-state index contributed by atoms with van der Waals surface area (Å²) in [5.41, 5.74) is 0. The molecule has 2 nitrogen and oxygen atoms in total. The van der Waals surface area contributed by atoms with E-state index in [1.54, 1.807) is 0 Å². The summed E-state index contributed by atoms with van der Waals surface area (Å²) in [5, 5.41) is 7.96. The quantitative estimate of drug-likeness (QED) is 0.469. The summed E-state index contributed by atoms with van der Waals surface area (Å²) < 4.78 is 0. The van der Waals surface area contributed by atoms with E-state index in [9.17, 15) is 0 Å². The third-order valence-corrected chi connectivity index (χ3v) is 3.08. The number of nitrogens with zero attached hydrogens (tertiary/aromatic N) is 1. The molecule has 2 fully saturated rings. The van der Waals surface area contributed by atoms with Crippen LogP contribution in [-0.4, -0.2) is 23.3 Å². The number of hydrogen-bond acceptors (Lipinski definition) is 1. The summed E-state index contributed by atoms with van der Waals surface area (Å²) in [7, 11) is 0. The lowest BCUT2D eigenvalue weighted by atomic mass is 10.0. The lowest BCUT2D eigenvalue weighted by molar-refractivity contribution is 0.251. The fourth-order valence-electron chi connectivity index (χ4n) is 2.05. The van der Waals surface area contributed by atoms with Gasteiger partial charge >= 0.3 is 0 Å². The van der Waals surface area contributed by atoms with E-state index in [4.69, 9.17) is 5.41 Å². The average Bonchev–Trinajstić information content (AvgIpc) is 2.86. The number of nitrogens with one attached hydrogen (secondary N) is 1. The molecule has 2 heteroatoms. The fraction of sp³-hybridized carbons (Fsp3) is 0.900. The van der Waals surface area contributed by atoms with Crippen LogP contribution < -0.4 is 0 Å². The van der Waals surface area contributed by atoms with Crippen molar-refractivity contribution in [3.63, 3.8) is 0 Å². The number of rotatable bonds is 1. The smallest absolute Gasteiger partial charge is 0.0991 e. The summed E-state index contributed by atoms with van der Waals surface area (Å²) >= 11 is 0. The third kappa shape index (κ3) is 1.47. The number of amidine groups is 1. The average molecular weight is 166 g/mol. The molecule has 1 saturated carbocycles. The van der Waals surface area contributed by atoms with Gasteiger partial charge in [-0.3, -0.25) is 5.41 Å². The third-order valence-electron chi connectivity index (χ3n) is 3.08. The van der Waals surface area contributed by atoms with Crippen molar-refractivity contribution < 1.29 is 0 Å². The highest BCUT2D eigenvalue weighted by atomic mass is 15.2. The first kappa shape index (κ1) is 8.09. The van der Waals surface area contributed by atoms with E-state index >= 15 is 0 Å². The normalized spacial score (nSPS) is 30.4. The molecule has 1 atom stereocenters. The first-order valence-electron chi connectivity index (χ1n) is 5.14. The SMILES string of the molecule is CC1CCCCN1C(=N)C1CC1. The Hall–Kier alpha value is -0.530. The van der Waals surface area contributed by atoms with Crippen molar-refractivity contribution in [2.45, 2.75) is 45.1 Å². The molecule has 1 unspecified atom stereocenters. The molecule has 0 aromatic rings. The lowest BCUT2D eigenvalue weighted by Crippen LogP contribution is -2.42. The molecule has 12 heavy (non-hydrogen) atoms. The minimum atomic E-state index is 0.630. The van der Waals surface area contributed by atoms with Gasteiger partial charge in [0.05, 0.1) is 5.84 Å². The summed E-state index contributed by atoms with van der Waals surface area (Å²) in [6.45, 7) is 3.40. The van der Waals surface area contributed by atoms with Gasteiger partial charge in [-0.2, -0.15) is 0 Å². The van der Waals surface area contributed by atoms with Gasteiger partial charge in [-0.15, -0.1) is 0 Å². The van der Waals surface area contributed by atoms with Crippen LogP contribution in [0.5, 0.6) is 0 Å². The molecule has 0 spiro atoms. The molecular weight excluding hydrogens is 148 g/mol. The summed E-state index contributed by atoms with van der Waals surface area (Å²) in [4.78, 5) is 2.32. The van der Waals surface area contributed by atoms with Crippen LogP contribution in [-0.2, 0) is 0 Å². The van der Waals surface area contributed by atoms with Gasteiger partial charge < -0.3 is 4.90 Å². The van der Waals surface area contributed by atoms with E-state index < -0.39 is 0 Å². The van der Waals surface area contributed by atoms with E-state index in [0.717, 1.165) is 12.4 Å². The first-order chi connectivity index (χ1) is 5.79. The molecule has 0 aromatic heterocycles. The lowest BCUT2D eigenvalue weighted by Gasteiger charge is -2.35. The predicted octanol–water partition coefficient (Wildman–Crippen LogP) is 2.25. The van der Waals surface area contributed by atoms with Crippen molar-refractivity contribution in [1.29, 1.82) is 5.41 Å². The summed E-state index contributed by atoms with van der Waals surface area (Å²) in [6.07, 6.45) is 6.47. The van der Waals surface area contributed by atoms with Crippen LogP contribution in [0, 0.1) is 11.3 Å². The van der Waals surface area contributed by atoms with Crippen molar-refractivity contribution in [1.82, 2.24) is 4.90 Å². The molecule has 0 aromatic carbocycles. The van der Waals surface area contributed by atoms with Crippen LogP contribution in [0.4, 0.5) is 0 Å². The minimum Gasteiger partial charge on any atom is -0.358 e. The standard InChI is InChI=1S/C10H18N2/c1-8-4-2-3-7-12(8)10(11)9-5-6-9/h8-9,11H,2-7H2,1H3. The van der Waals surface area contributed by atoms with Crippen molar-refractivity contribution >= 4 is 5.84 Å². The first-order valence-corrected chi connectivity index (χ1v) is 5.14. The molecule has 2 aliphatic rings. The summed E-state index contributed by atoms with van der Waals surface area (Å²) in [5.74, 6) is 1.56. The van der Waals surface area contributed by atoms with Crippen molar-refractivity contribution in [2.75, 3.05) is 6.54 Å². The van der Waals surface area contributed by atoms with Gasteiger partial charge in [0, 0.05) is 18.5 Å². The van der Waals surface area contributed by atoms with Gasteiger partial charge in [-0.05, 0) is 39.0 Å². The van der Waals surface area contributed by atoms with Gasteiger partial charge in [-0.25, -0.2) is 0 Å². The zero-order valence-corrected chi connectivity index (χ0v) is 7.84. The maximum Gasteiger partial charge on any atom is 0.0991 e. The maximum absolute atomic E-state index is 7.96. The highest BCUT2D eigenvalue weighted by molar-refractivity contribution is 5.84. The maximum atomic E-state index is 7.96. The van der Waals surface area contributed by atoms with Crippen LogP contribution in [0.15, 0.2) is 0 Å². The molecule has 0 bridgehead atoms. The molecule has 1 N–H and O–H groups in total. The zero-order valence-electron chi connectivity index (χ0n) is 7.84.